The van der Waals surface area contributed by atoms with Crippen molar-refractivity contribution in [3.63, 3.8) is 0 Å². The second-order valence-electron chi connectivity index (χ2n) is 5.66. The number of carbonyl (C=O) groups is 3. The van der Waals surface area contributed by atoms with Gasteiger partial charge in [-0.25, -0.2) is 4.79 Å². The lowest BCUT2D eigenvalue weighted by Crippen LogP contribution is -2.30. The van der Waals surface area contributed by atoms with Crippen LogP contribution in [0.25, 0.3) is 0 Å². The van der Waals surface area contributed by atoms with Gasteiger partial charge in [-0.15, -0.1) is 0 Å². The average Bonchev–Trinajstić information content (AvgIpc) is 3.43. The molecule has 1 aliphatic carbocycles. The van der Waals surface area contributed by atoms with E-state index in [1.165, 1.54) is 6.07 Å². The first-order valence-electron chi connectivity index (χ1n) is 7.80. The lowest BCUT2D eigenvalue weighted by atomic mass is 9.98. The summed E-state index contributed by atoms with van der Waals surface area (Å²) in [7, 11) is 0. The predicted molar refractivity (Wildman–Crippen MR) is 87.8 cm³/mol. The van der Waals surface area contributed by atoms with Crippen LogP contribution in [0.4, 0.5) is 0 Å². The standard InChI is InChI=1S/C19H17NO4/c21-17(20-14-10-11-14)12-24-19(23)16-9-5-4-8-15(16)18(22)13-6-2-1-3-7-13/h1-9,14H,10-12H2,(H,20,21). The van der Waals surface area contributed by atoms with E-state index in [4.69, 9.17) is 4.74 Å². The van der Waals surface area contributed by atoms with Gasteiger partial charge in [0.25, 0.3) is 5.91 Å². The van der Waals surface area contributed by atoms with Gasteiger partial charge >= 0.3 is 5.97 Å². The second kappa shape index (κ2) is 7.08. The molecule has 0 heterocycles. The third-order valence-corrected chi connectivity index (χ3v) is 3.70. The van der Waals surface area contributed by atoms with Gasteiger partial charge in [-0.2, -0.15) is 0 Å². The summed E-state index contributed by atoms with van der Waals surface area (Å²) < 4.78 is 5.04. The van der Waals surface area contributed by atoms with Crippen LogP contribution < -0.4 is 5.32 Å². The molecule has 0 aliphatic heterocycles. The molecule has 1 saturated carbocycles. The third kappa shape index (κ3) is 3.87. The molecule has 3 rings (SSSR count). The van der Waals surface area contributed by atoms with Crippen LogP contribution in [-0.4, -0.2) is 30.3 Å². The Balaban J connectivity index is 1.72. The molecule has 1 aliphatic rings. The van der Waals surface area contributed by atoms with Gasteiger partial charge in [0.1, 0.15) is 0 Å². The number of carbonyl (C=O) groups excluding carboxylic acids is 3. The quantitative estimate of drug-likeness (QED) is 0.654. The van der Waals surface area contributed by atoms with E-state index in [0.717, 1.165) is 12.8 Å². The van der Waals surface area contributed by atoms with Crippen molar-refractivity contribution in [2.75, 3.05) is 6.61 Å². The van der Waals surface area contributed by atoms with Crippen molar-refractivity contribution < 1.29 is 19.1 Å². The number of benzene rings is 2. The van der Waals surface area contributed by atoms with Crippen LogP contribution in [0.1, 0.15) is 39.1 Å². The molecule has 1 N–H and O–H groups in total. The Morgan fingerprint density at radius 2 is 1.54 bits per heavy atom. The highest BCUT2D eigenvalue weighted by atomic mass is 16.5. The van der Waals surface area contributed by atoms with Crippen LogP contribution in [-0.2, 0) is 9.53 Å². The number of ether oxygens (including phenoxy) is 1. The largest absolute Gasteiger partial charge is 0.452 e. The van der Waals surface area contributed by atoms with Crippen molar-refractivity contribution in [1.29, 1.82) is 0 Å². The van der Waals surface area contributed by atoms with Gasteiger partial charge in [-0.3, -0.25) is 9.59 Å². The molecule has 0 spiro atoms. The molecule has 5 heteroatoms. The van der Waals surface area contributed by atoms with Crippen LogP contribution in [0.15, 0.2) is 54.6 Å². The van der Waals surface area contributed by atoms with Gasteiger partial charge in [-0.1, -0.05) is 48.5 Å². The molecule has 1 amide bonds. The van der Waals surface area contributed by atoms with Gasteiger partial charge in [0.05, 0.1) is 5.56 Å². The highest BCUT2D eigenvalue weighted by Gasteiger charge is 2.24. The van der Waals surface area contributed by atoms with Crippen molar-refractivity contribution >= 4 is 17.7 Å². The summed E-state index contributed by atoms with van der Waals surface area (Å²) in [5.74, 6) is -1.26. The number of ketones is 1. The third-order valence-electron chi connectivity index (χ3n) is 3.70. The van der Waals surface area contributed by atoms with Crippen molar-refractivity contribution in [3.05, 3.63) is 71.3 Å². The molecule has 0 aromatic heterocycles. The summed E-state index contributed by atoms with van der Waals surface area (Å²) >= 11 is 0. The summed E-state index contributed by atoms with van der Waals surface area (Å²) in [6.07, 6.45) is 1.93. The fourth-order valence-electron chi connectivity index (χ4n) is 2.31. The SMILES string of the molecule is O=C(COC(=O)c1ccccc1C(=O)c1ccccc1)NC1CC1. The fraction of sp³-hybridized carbons (Fsp3) is 0.211. The lowest BCUT2D eigenvalue weighted by molar-refractivity contribution is -0.124. The van der Waals surface area contributed by atoms with E-state index in [1.807, 2.05) is 6.07 Å². The zero-order chi connectivity index (χ0) is 16.9. The number of hydrogen-bond acceptors (Lipinski definition) is 4. The summed E-state index contributed by atoms with van der Waals surface area (Å²) in [5, 5.41) is 2.74. The summed E-state index contributed by atoms with van der Waals surface area (Å²) in [6, 6.07) is 15.4. The van der Waals surface area contributed by atoms with E-state index in [-0.39, 0.29) is 35.5 Å². The molecule has 0 unspecified atom stereocenters. The first-order chi connectivity index (χ1) is 11.6. The number of esters is 1. The van der Waals surface area contributed by atoms with Gasteiger partial charge in [0.15, 0.2) is 12.4 Å². The van der Waals surface area contributed by atoms with Crippen LogP contribution >= 0.6 is 0 Å². The minimum Gasteiger partial charge on any atom is -0.452 e. The summed E-state index contributed by atoms with van der Waals surface area (Å²) in [4.78, 5) is 36.4. The topological polar surface area (TPSA) is 72.5 Å². The van der Waals surface area contributed by atoms with E-state index in [0.29, 0.717) is 5.56 Å². The monoisotopic (exact) mass is 323 g/mol. The van der Waals surface area contributed by atoms with E-state index in [1.54, 1.807) is 42.5 Å². The van der Waals surface area contributed by atoms with E-state index >= 15 is 0 Å². The molecular weight excluding hydrogens is 306 g/mol. The molecule has 2 aromatic carbocycles. The lowest BCUT2D eigenvalue weighted by Gasteiger charge is -2.09. The molecule has 24 heavy (non-hydrogen) atoms. The Morgan fingerprint density at radius 3 is 2.21 bits per heavy atom. The zero-order valence-corrected chi connectivity index (χ0v) is 13.0. The van der Waals surface area contributed by atoms with Crippen LogP contribution in [0, 0.1) is 0 Å². The maximum atomic E-state index is 12.6. The van der Waals surface area contributed by atoms with Gasteiger partial charge in [0.2, 0.25) is 0 Å². The van der Waals surface area contributed by atoms with Crippen LogP contribution in [0.5, 0.6) is 0 Å². The molecule has 0 saturated heterocycles. The van der Waals surface area contributed by atoms with E-state index in [9.17, 15) is 14.4 Å². The minimum absolute atomic E-state index is 0.158. The van der Waals surface area contributed by atoms with Gasteiger partial charge < -0.3 is 10.1 Å². The Kier molecular flexibility index (Phi) is 4.70. The minimum atomic E-state index is -0.680. The molecule has 2 aromatic rings. The Hall–Kier alpha value is -2.95. The maximum absolute atomic E-state index is 12.6. The Bertz CT molecular complexity index is 766. The van der Waals surface area contributed by atoms with Gasteiger partial charge in [-0.05, 0) is 18.9 Å². The number of rotatable bonds is 6. The van der Waals surface area contributed by atoms with Crippen LogP contribution in [0.3, 0.4) is 0 Å². The van der Waals surface area contributed by atoms with E-state index < -0.39 is 5.97 Å². The molecule has 1 fully saturated rings. The predicted octanol–water partition coefficient (Wildman–Crippen LogP) is 2.35. The molecular formula is C19H17NO4. The highest BCUT2D eigenvalue weighted by Crippen LogP contribution is 2.18. The first kappa shape index (κ1) is 15.9. The summed E-state index contributed by atoms with van der Waals surface area (Å²) in [6.45, 7) is -0.344. The van der Waals surface area contributed by atoms with E-state index in [2.05, 4.69) is 5.32 Å². The second-order valence-corrected chi connectivity index (χ2v) is 5.66. The van der Waals surface area contributed by atoms with Gasteiger partial charge in [0, 0.05) is 17.2 Å². The fourth-order valence-corrected chi connectivity index (χ4v) is 2.31. The maximum Gasteiger partial charge on any atom is 0.339 e. The molecule has 0 bridgehead atoms. The zero-order valence-electron chi connectivity index (χ0n) is 13.0. The Labute approximate surface area is 139 Å². The van der Waals surface area contributed by atoms with Crippen LogP contribution in [0.2, 0.25) is 0 Å². The number of nitrogens with one attached hydrogen (secondary N) is 1. The highest BCUT2D eigenvalue weighted by molar-refractivity contribution is 6.14. The van der Waals surface area contributed by atoms with Crippen molar-refractivity contribution in [2.24, 2.45) is 0 Å². The smallest absolute Gasteiger partial charge is 0.339 e. The molecule has 0 atom stereocenters. The van der Waals surface area contributed by atoms with Crippen molar-refractivity contribution in [2.45, 2.75) is 18.9 Å². The average molecular weight is 323 g/mol. The van der Waals surface area contributed by atoms with Crippen molar-refractivity contribution in [3.8, 4) is 0 Å². The molecule has 5 nitrogen and oxygen atoms in total. The molecule has 122 valence electrons. The number of amides is 1. The Morgan fingerprint density at radius 1 is 0.917 bits per heavy atom. The summed E-state index contributed by atoms with van der Waals surface area (Å²) in [5.41, 5.74) is 0.908. The molecule has 0 radical (unpaired) electrons. The first-order valence-corrected chi connectivity index (χ1v) is 7.80. The van der Waals surface area contributed by atoms with Crippen molar-refractivity contribution in [1.82, 2.24) is 5.32 Å². The number of hydrogen-bond donors (Lipinski definition) is 1. The normalized spacial score (nSPS) is 13.2.